The standard InChI is InChI=1S/C6H11N2.C3H7NO2/c1-3-8-5-4-7(2)6-8;1-2(4)3(5)6/h4-6H,3H2,1-2H3;2H,4H2,1H3,(H,5,6)/q+1;. The topological polar surface area (TPSA) is 72.1 Å². The van der Waals surface area contributed by atoms with E-state index in [4.69, 9.17) is 10.8 Å². The molecule has 0 spiro atoms. The number of nitrogens with zero attached hydrogens (tertiary/aromatic N) is 2. The minimum absolute atomic E-state index is 0.731. The minimum Gasteiger partial charge on any atom is -0.480 e. The van der Waals surface area contributed by atoms with Gasteiger partial charge in [-0.25, -0.2) is 9.13 Å². The summed E-state index contributed by atoms with van der Waals surface area (Å²) in [5, 5.41) is 7.87. The van der Waals surface area contributed by atoms with E-state index in [0.29, 0.717) is 0 Å². The SMILES string of the molecule is CC(N)C(=O)O.CCn1cc[n+](C)c1. The van der Waals surface area contributed by atoms with Gasteiger partial charge >= 0.3 is 5.97 Å². The summed E-state index contributed by atoms with van der Waals surface area (Å²) in [6.07, 6.45) is 6.14. The normalized spacial score (nSPS) is 11.4. The molecule has 0 aromatic carbocycles. The zero-order valence-electron chi connectivity index (χ0n) is 8.84. The molecule has 0 bridgehead atoms. The summed E-state index contributed by atoms with van der Waals surface area (Å²) >= 11 is 0. The van der Waals surface area contributed by atoms with Crippen LogP contribution >= 0.6 is 0 Å². The van der Waals surface area contributed by atoms with E-state index in [2.05, 4.69) is 24.0 Å². The first kappa shape index (κ1) is 12.6. The predicted molar refractivity (Wildman–Crippen MR) is 52.6 cm³/mol. The molecule has 1 aromatic heterocycles. The maximum atomic E-state index is 9.57. The molecule has 0 radical (unpaired) electrons. The summed E-state index contributed by atoms with van der Waals surface area (Å²) < 4.78 is 4.16. The fourth-order valence-electron chi connectivity index (χ4n) is 0.689. The summed E-state index contributed by atoms with van der Waals surface area (Å²) in [6, 6.07) is -0.731. The lowest BCUT2D eigenvalue weighted by Gasteiger charge is -1.90. The zero-order chi connectivity index (χ0) is 11.1. The van der Waals surface area contributed by atoms with Crippen molar-refractivity contribution in [3.63, 3.8) is 0 Å². The largest absolute Gasteiger partial charge is 0.480 e. The number of aromatic nitrogens is 2. The predicted octanol–water partition coefficient (Wildman–Crippen LogP) is -0.249. The van der Waals surface area contributed by atoms with Crippen molar-refractivity contribution < 1.29 is 14.5 Å². The first-order valence-corrected chi connectivity index (χ1v) is 4.46. The van der Waals surface area contributed by atoms with Gasteiger partial charge in [-0.3, -0.25) is 4.79 Å². The summed E-state index contributed by atoms with van der Waals surface area (Å²) in [7, 11) is 2.02. The molecular weight excluding hydrogens is 182 g/mol. The Balaban J connectivity index is 0.000000255. The number of hydrogen-bond acceptors (Lipinski definition) is 2. The molecule has 5 nitrogen and oxygen atoms in total. The second-order valence-corrected chi connectivity index (χ2v) is 3.04. The van der Waals surface area contributed by atoms with Crippen molar-refractivity contribution in [3.8, 4) is 0 Å². The lowest BCUT2D eigenvalue weighted by molar-refractivity contribution is -0.671. The molecule has 3 N–H and O–H groups in total. The number of carboxylic acids is 1. The molecule has 1 atom stereocenters. The van der Waals surface area contributed by atoms with Gasteiger partial charge in [0.25, 0.3) is 0 Å². The van der Waals surface area contributed by atoms with Crippen LogP contribution in [-0.2, 0) is 18.4 Å². The fourth-order valence-corrected chi connectivity index (χ4v) is 0.689. The van der Waals surface area contributed by atoms with E-state index in [1.807, 2.05) is 17.8 Å². The van der Waals surface area contributed by atoms with Crippen LogP contribution in [0.5, 0.6) is 0 Å². The molecule has 80 valence electrons. The molecule has 0 amide bonds. The van der Waals surface area contributed by atoms with Gasteiger partial charge in [0.15, 0.2) is 0 Å². The van der Waals surface area contributed by atoms with Gasteiger partial charge in [-0.15, -0.1) is 0 Å². The van der Waals surface area contributed by atoms with Gasteiger partial charge in [-0.05, 0) is 13.8 Å². The van der Waals surface area contributed by atoms with Crippen LogP contribution < -0.4 is 10.3 Å². The number of imidazole rings is 1. The Morgan fingerprint density at radius 1 is 1.71 bits per heavy atom. The first-order valence-electron chi connectivity index (χ1n) is 4.46. The van der Waals surface area contributed by atoms with E-state index in [1.165, 1.54) is 6.92 Å². The van der Waals surface area contributed by atoms with Gasteiger partial charge in [0.1, 0.15) is 18.4 Å². The number of nitrogens with two attached hydrogens (primary N) is 1. The highest BCUT2D eigenvalue weighted by atomic mass is 16.4. The molecule has 0 aliphatic heterocycles. The Labute approximate surface area is 83.8 Å². The molecule has 0 saturated carbocycles. The van der Waals surface area contributed by atoms with Crippen LogP contribution in [0.3, 0.4) is 0 Å². The summed E-state index contributed by atoms with van der Waals surface area (Å²) in [5.74, 6) is -0.963. The quantitative estimate of drug-likeness (QED) is 0.647. The lowest BCUT2D eigenvalue weighted by Crippen LogP contribution is -2.25. The van der Waals surface area contributed by atoms with Crippen LogP contribution in [0.4, 0.5) is 0 Å². The third-order valence-electron chi connectivity index (χ3n) is 1.58. The van der Waals surface area contributed by atoms with Crippen LogP contribution in [0, 0.1) is 0 Å². The van der Waals surface area contributed by atoms with E-state index in [1.54, 1.807) is 0 Å². The summed E-state index contributed by atoms with van der Waals surface area (Å²) in [6.45, 7) is 4.60. The molecular formula is C9H18N3O2+. The van der Waals surface area contributed by atoms with Gasteiger partial charge < -0.3 is 10.8 Å². The van der Waals surface area contributed by atoms with Crippen molar-refractivity contribution in [1.29, 1.82) is 0 Å². The number of rotatable bonds is 2. The van der Waals surface area contributed by atoms with Crippen molar-refractivity contribution in [2.45, 2.75) is 26.4 Å². The number of carboxylic acid groups (broad SMARTS) is 1. The molecule has 1 aromatic rings. The van der Waals surface area contributed by atoms with Crippen molar-refractivity contribution in [1.82, 2.24) is 4.57 Å². The maximum absolute atomic E-state index is 9.57. The minimum atomic E-state index is -0.963. The van der Waals surface area contributed by atoms with E-state index < -0.39 is 12.0 Å². The Morgan fingerprint density at radius 2 is 2.21 bits per heavy atom. The first-order chi connectivity index (χ1) is 6.47. The highest BCUT2D eigenvalue weighted by molar-refractivity contribution is 5.72. The van der Waals surface area contributed by atoms with Gasteiger partial charge in [-0.2, -0.15) is 0 Å². The van der Waals surface area contributed by atoms with Crippen molar-refractivity contribution in [2.24, 2.45) is 12.8 Å². The smallest absolute Gasteiger partial charge is 0.320 e. The van der Waals surface area contributed by atoms with E-state index in [9.17, 15) is 4.79 Å². The van der Waals surface area contributed by atoms with E-state index in [0.717, 1.165) is 6.54 Å². The summed E-state index contributed by atoms with van der Waals surface area (Å²) in [4.78, 5) is 9.57. The van der Waals surface area contributed by atoms with Crippen LogP contribution in [-0.4, -0.2) is 21.7 Å². The third-order valence-corrected chi connectivity index (χ3v) is 1.58. The van der Waals surface area contributed by atoms with Crippen LogP contribution in [0.15, 0.2) is 18.7 Å². The van der Waals surface area contributed by atoms with Crippen molar-refractivity contribution in [2.75, 3.05) is 0 Å². The zero-order valence-corrected chi connectivity index (χ0v) is 8.84. The number of aryl methyl sites for hydroxylation is 2. The fraction of sp³-hybridized carbons (Fsp3) is 0.556. The molecule has 1 unspecified atom stereocenters. The summed E-state index contributed by atoms with van der Waals surface area (Å²) in [5.41, 5.74) is 4.84. The molecule has 14 heavy (non-hydrogen) atoms. The van der Waals surface area contributed by atoms with Crippen molar-refractivity contribution >= 4 is 5.97 Å². The van der Waals surface area contributed by atoms with Gasteiger partial charge in [-0.1, -0.05) is 0 Å². The maximum Gasteiger partial charge on any atom is 0.320 e. The molecule has 1 heterocycles. The van der Waals surface area contributed by atoms with E-state index >= 15 is 0 Å². The average molecular weight is 200 g/mol. The van der Waals surface area contributed by atoms with Crippen LogP contribution in [0.1, 0.15) is 13.8 Å². The Kier molecular flexibility index (Phi) is 5.55. The van der Waals surface area contributed by atoms with Gasteiger partial charge in [0, 0.05) is 0 Å². The second-order valence-electron chi connectivity index (χ2n) is 3.04. The number of carbonyl (C=O) groups is 1. The van der Waals surface area contributed by atoms with Gasteiger partial charge in [0.05, 0.1) is 13.6 Å². The third kappa shape index (κ3) is 5.31. The van der Waals surface area contributed by atoms with Crippen molar-refractivity contribution in [3.05, 3.63) is 18.7 Å². The monoisotopic (exact) mass is 200 g/mol. The van der Waals surface area contributed by atoms with Crippen LogP contribution in [0.2, 0.25) is 0 Å². The number of hydrogen-bond donors (Lipinski definition) is 2. The Hall–Kier alpha value is -1.36. The Morgan fingerprint density at radius 3 is 2.36 bits per heavy atom. The lowest BCUT2D eigenvalue weighted by atomic mass is 10.4. The Bertz CT molecular complexity index is 281. The molecule has 0 aliphatic carbocycles. The molecule has 5 heteroatoms. The highest BCUT2D eigenvalue weighted by Crippen LogP contribution is 1.79. The van der Waals surface area contributed by atoms with Crippen LogP contribution in [0.25, 0.3) is 0 Å². The number of aliphatic carboxylic acids is 1. The van der Waals surface area contributed by atoms with E-state index in [-0.39, 0.29) is 0 Å². The molecule has 0 saturated heterocycles. The second kappa shape index (κ2) is 6.15. The average Bonchev–Trinajstić information content (AvgIpc) is 2.52. The molecule has 1 rings (SSSR count). The molecule has 0 aliphatic rings. The highest BCUT2D eigenvalue weighted by Gasteiger charge is 1.99. The molecule has 0 fully saturated rings. The van der Waals surface area contributed by atoms with Gasteiger partial charge in [0.2, 0.25) is 6.33 Å².